The molecule has 4 heteroatoms. The first kappa shape index (κ1) is 15.2. The molecule has 104 valence electrons. The molecule has 0 aliphatic heterocycles. The maximum Gasteiger partial charge on any atom is 0.329 e. The van der Waals surface area contributed by atoms with E-state index in [-0.39, 0.29) is 5.91 Å². The minimum Gasteiger partial charge on any atom is -0.480 e. The van der Waals surface area contributed by atoms with Crippen molar-refractivity contribution in [3.63, 3.8) is 0 Å². The van der Waals surface area contributed by atoms with Gasteiger partial charge in [-0.3, -0.25) is 4.79 Å². The lowest BCUT2D eigenvalue weighted by atomic mass is 9.95. The summed E-state index contributed by atoms with van der Waals surface area (Å²) in [7, 11) is 0. The van der Waals surface area contributed by atoms with E-state index in [4.69, 9.17) is 0 Å². The molecule has 0 aliphatic rings. The fourth-order valence-corrected chi connectivity index (χ4v) is 2.14. The van der Waals surface area contributed by atoms with Gasteiger partial charge in [0.1, 0.15) is 5.54 Å². The van der Waals surface area contributed by atoms with Gasteiger partial charge in [-0.2, -0.15) is 0 Å². The molecule has 2 N–H and O–H groups in total. The van der Waals surface area contributed by atoms with Crippen molar-refractivity contribution in [1.29, 1.82) is 0 Å². The molecule has 0 saturated carbocycles. The zero-order valence-electron chi connectivity index (χ0n) is 12.1. The van der Waals surface area contributed by atoms with Gasteiger partial charge in [-0.1, -0.05) is 24.6 Å². The van der Waals surface area contributed by atoms with Crippen molar-refractivity contribution in [1.82, 2.24) is 5.32 Å². The molecule has 0 heterocycles. The first-order valence-corrected chi connectivity index (χ1v) is 6.35. The lowest BCUT2D eigenvalue weighted by Gasteiger charge is -2.25. The monoisotopic (exact) mass is 263 g/mol. The van der Waals surface area contributed by atoms with E-state index in [0.717, 1.165) is 16.7 Å². The second-order valence-electron chi connectivity index (χ2n) is 5.22. The highest BCUT2D eigenvalue weighted by molar-refractivity contribution is 6.00. The number of aryl methyl sites for hydroxylation is 3. The number of hydrogen-bond acceptors (Lipinski definition) is 2. The minimum absolute atomic E-state index is 0.331. The van der Waals surface area contributed by atoms with Gasteiger partial charge < -0.3 is 10.4 Å². The Labute approximate surface area is 113 Å². The molecule has 19 heavy (non-hydrogen) atoms. The van der Waals surface area contributed by atoms with Crippen LogP contribution in [0.25, 0.3) is 0 Å². The molecule has 1 aromatic carbocycles. The Morgan fingerprint density at radius 1 is 1.21 bits per heavy atom. The first-order chi connectivity index (χ1) is 8.71. The van der Waals surface area contributed by atoms with Gasteiger partial charge in [0.2, 0.25) is 0 Å². The van der Waals surface area contributed by atoms with Gasteiger partial charge >= 0.3 is 5.97 Å². The number of nitrogens with one attached hydrogen (secondary N) is 1. The van der Waals surface area contributed by atoms with Crippen LogP contribution in [0.1, 0.15) is 47.3 Å². The maximum atomic E-state index is 12.3. The highest BCUT2D eigenvalue weighted by Gasteiger charge is 2.33. The standard InChI is InChI=1S/C15H21NO3/c1-6-15(5,14(18)19)16-13(17)12-10(3)7-9(2)8-11(12)4/h7-8H,6H2,1-5H3,(H,16,17)(H,18,19). The van der Waals surface area contributed by atoms with Crippen LogP contribution in [0.4, 0.5) is 0 Å². The van der Waals surface area contributed by atoms with E-state index in [9.17, 15) is 14.7 Å². The van der Waals surface area contributed by atoms with Crippen molar-refractivity contribution < 1.29 is 14.7 Å². The van der Waals surface area contributed by atoms with Gasteiger partial charge in [0.15, 0.2) is 0 Å². The molecule has 1 atom stereocenters. The highest BCUT2D eigenvalue weighted by Crippen LogP contribution is 2.18. The molecule has 0 spiro atoms. The zero-order valence-corrected chi connectivity index (χ0v) is 12.1. The molecule has 1 aromatic rings. The van der Waals surface area contributed by atoms with Crippen molar-refractivity contribution in [3.05, 3.63) is 34.4 Å². The Hall–Kier alpha value is -1.84. The highest BCUT2D eigenvalue weighted by atomic mass is 16.4. The van der Waals surface area contributed by atoms with Crippen LogP contribution in [0, 0.1) is 20.8 Å². The summed E-state index contributed by atoms with van der Waals surface area (Å²) < 4.78 is 0. The summed E-state index contributed by atoms with van der Waals surface area (Å²) in [6.07, 6.45) is 0.331. The third-order valence-electron chi connectivity index (χ3n) is 3.47. The molecule has 0 radical (unpaired) electrons. The molecule has 0 aliphatic carbocycles. The predicted molar refractivity (Wildman–Crippen MR) is 74.5 cm³/mol. The third kappa shape index (κ3) is 3.13. The minimum atomic E-state index is -1.24. The number of carbonyl (C=O) groups is 2. The quantitative estimate of drug-likeness (QED) is 0.877. The fourth-order valence-electron chi connectivity index (χ4n) is 2.14. The molecule has 0 aromatic heterocycles. The molecule has 0 saturated heterocycles. The van der Waals surface area contributed by atoms with E-state index in [1.54, 1.807) is 6.92 Å². The Kier molecular flexibility index (Phi) is 4.35. The lowest BCUT2D eigenvalue weighted by molar-refractivity contribution is -0.143. The number of rotatable bonds is 4. The van der Waals surface area contributed by atoms with Crippen molar-refractivity contribution in [3.8, 4) is 0 Å². The number of benzene rings is 1. The number of amides is 1. The summed E-state index contributed by atoms with van der Waals surface area (Å²) in [6.45, 7) is 8.95. The molecule has 0 fully saturated rings. The number of carboxylic acids is 1. The average molecular weight is 263 g/mol. The van der Waals surface area contributed by atoms with E-state index >= 15 is 0 Å². The van der Waals surface area contributed by atoms with E-state index in [1.165, 1.54) is 6.92 Å². The summed E-state index contributed by atoms with van der Waals surface area (Å²) in [5.41, 5.74) is 2.13. The Morgan fingerprint density at radius 2 is 1.68 bits per heavy atom. The largest absolute Gasteiger partial charge is 0.480 e. The molecular weight excluding hydrogens is 242 g/mol. The van der Waals surface area contributed by atoms with Crippen LogP contribution in [0.2, 0.25) is 0 Å². The van der Waals surface area contributed by atoms with Crippen LogP contribution in [0.3, 0.4) is 0 Å². The van der Waals surface area contributed by atoms with Crippen molar-refractivity contribution in [2.45, 2.75) is 46.6 Å². The van der Waals surface area contributed by atoms with Gasteiger partial charge in [-0.15, -0.1) is 0 Å². The van der Waals surface area contributed by atoms with Gasteiger partial charge in [0.25, 0.3) is 5.91 Å². The summed E-state index contributed by atoms with van der Waals surface area (Å²) in [5.74, 6) is -1.35. The van der Waals surface area contributed by atoms with E-state index in [0.29, 0.717) is 12.0 Å². The zero-order chi connectivity index (χ0) is 14.8. The van der Waals surface area contributed by atoms with Crippen molar-refractivity contribution in [2.75, 3.05) is 0 Å². The third-order valence-corrected chi connectivity index (χ3v) is 3.47. The van der Waals surface area contributed by atoms with Gasteiger partial charge in [0, 0.05) is 5.56 Å². The molecule has 4 nitrogen and oxygen atoms in total. The van der Waals surface area contributed by atoms with Gasteiger partial charge in [-0.05, 0) is 45.2 Å². The number of hydrogen-bond donors (Lipinski definition) is 2. The van der Waals surface area contributed by atoms with E-state index < -0.39 is 11.5 Å². The van der Waals surface area contributed by atoms with Crippen LogP contribution in [0.5, 0.6) is 0 Å². The van der Waals surface area contributed by atoms with Crippen LogP contribution in [0.15, 0.2) is 12.1 Å². The van der Waals surface area contributed by atoms with Crippen molar-refractivity contribution in [2.24, 2.45) is 0 Å². The summed E-state index contributed by atoms with van der Waals surface area (Å²) in [4.78, 5) is 23.5. The Bertz CT molecular complexity index is 499. The normalized spacial score (nSPS) is 13.7. The number of aliphatic carboxylic acids is 1. The molecule has 1 amide bonds. The van der Waals surface area contributed by atoms with Crippen LogP contribution in [-0.4, -0.2) is 22.5 Å². The summed E-state index contributed by atoms with van der Waals surface area (Å²) in [5, 5.41) is 11.8. The molecule has 0 bridgehead atoms. The van der Waals surface area contributed by atoms with Crippen LogP contribution >= 0.6 is 0 Å². The van der Waals surface area contributed by atoms with Crippen molar-refractivity contribution >= 4 is 11.9 Å². The summed E-state index contributed by atoms with van der Waals surface area (Å²) in [6, 6.07) is 3.85. The smallest absolute Gasteiger partial charge is 0.329 e. The van der Waals surface area contributed by atoms with Crippen LogP contribution in [-0.2, 0) is 4.79 Å². The lowest BCUT2D eigenvalue weighted by Crippen LogP contribution is -2.52. The van der Waals surface area contributed by atoms with E-state index in [2.05, 4.69) is 5.32 Å². The summed E-state index contributed by atoms with van der Waals surface area (Å²) >= 11 is 0. The number of carbonyl (C=O) groups excluding carboxylic acids is 1. The SMILES string of the molecule is CCC(C)(NC(=O)c1c(C)cc(C)cc1C)C(=O)O. The number of carboxylic acid groups (broad SMARTS) is 1. The van der Waals surface area contributed by atoms with E-state index in [1.807, 2.05) is 32.9 Å². The molecule has 1 rings (SSSR count). The van der Waals surface area contributed by atoms with Gasteiger partial charge in [-0.25, -0.2) is 4.79 Å². The molecular formula is C15H21NO3. The first-order valence-electron chi connectivity index (χ1n) is 6.35. The maximum absolute atomic E-state index is 12.3. The second kappa shape index (κ2) is 5.43. The average Bonchev–Trinajstić information content (AvgIpc) is 2.26. The Balaban J connectivity index is 3.12. The topological polar surface area (TPSA) is 66.4 Å². The van der Waals surface area contributed by atoms with Gasteiger partial charge in [0.05, 0.1) is 0 Å². The fraction of sp³-hybridized carbons (Fsp3) is 0.467. The van der Waals surface area contributed by atoms with Crippen LogP contribution < -0.4 is 5.32 Å². The molecule has 1 unspecified atom stereocenters. The Morgan fingerprint density at radius 3 is 2.05 bits per heavy atom. The second-order valence-corrected chi connectivity index (χ2v) is 5.22. The predicted octanol–water partition coefficient (Wildman–Crippen LogP) is 2.59.